The number of allylic oxidation sites excluding steroid dienone is 1. The predicted molar refractivity (Wildman–Crippen MR) is 242 cm³/mol. The normalized spacial score (nSPS) is 13.9. The number of benzene rings is 2. The van der Waals surface area contributed by atoms with Gasteiger partial charge >= 0.3 is 0 Å². The number of alkyl halides is 1. The van der Waals surface area contributed by atoms with Crippen LogP contribution in [0.25, 0.3) is 22.5 Å². The largest absolute Gasteiger partial charge is 0.407 e. The maximum atomic E-state index is 9.96. The molecule has 1 aliphatic rings. The third-order valence-electron chi connectivity index (χ3n) is 9.44. The number of aliphatic hydroxyl groups excluding tert-OH is 1. The number of aliphatic imine (C=N–C) groups is 1. The standard InChI is InChI=1S/C18H27BrN2OSi.C12H13BrN2O.C6H15ClSi.C4H5N.CH3F/c1-13(22-23(6,7)18(2,3)4)17-20-16(12-21(17)5)14-8-10-15(19)11-9-14;1-8(16)12-14-11(7-15(12)2)9-3-5-10(13)6-4-9;1-6(2,3)8(4,5)7;1-2-4-5-3-1;1-2/h8-13H,1-7H3;3-8,16H,1-2H3;1-5H3;1,3-4H,2H2;1H3/i;;;;1D. The predicted octanol–water partition coefficient (Wildman–Crippen LogP) is 13.6. The quantitative estimate of drug-likeness (QED) is 0.154. The summed E-state index contributed by atoms with van der Waals surface area (Å²) in [5.74, 6) is 1.66. The van der Waals surface area contributed by atoms with E-state index in [0.717, 1.165) is 43.7 Å². The Hall–Kier alpha value is -2.20. The number of hydrogen-bond donors (Lipinski definition) is 1. The molecule has 300 valence electrons. The first-order valence-electron chi connectivity index (χ1n) is 18.6. The van der Waals surface area contributed by atoms with Gasteiger partial charge in [-0.2, -0.15) is 11.1 Å². The number of aliphatic hydroxyl groups is 1. The van der Waals surface area contributed by atoms with Gasteiger partial charge in [0.05, 0.1) is 19.9 Å². The number of rotatable bonds is 6. The van der Waals surface area contributed by atoms with E-state index in [1.165, 1.54) is 0 Å². The van der Waals surface area contributed by atoms with Gasteiger partial charge in [0.15, 0.2) is 15.7 Å². The first kappa shape index (κ1) is 48.0. The van der Waals surface area contributed by atoms with E-state index in [2.05, 4.69) is 139 Å². The lowest BCUT2D eigenvalue weighted by Crippen LogP contribution is -2.41. The van der Waals surface area contributed by atoms with Crippen molar-refractivity contribution in [3.63, 3.8) is 0 Å². The molecule has 0 radical (unpaired) electrons. The SMILES string of the molecule is C1=CN=CC1.CC(C)(C)[Si](C)(C)Cl.CC(O)c1nc(-c2ccc(Br)cc2)cn1C.CC(O[Si](C)(C)C(C)(C)C)c1nc(-c2ccc(Br)cc2)cn1C.[2H]CF. The van der Waals surface area contributed by atoms with Gasteiger partial charge in [0, 0.05) is 65.4 Å². The molecule has 3 heterocycles. The van der Waals surface area contributed by atoms with Crippen molar-refractivity contribution in [2.45, 2.75) is 110 Å². The van der Waals surface area contributed by atoms with Crippen LogP contribution in [0.3, 0.4) is 0 Å². The van der Waals surface area contributed by atoms with Gasteiger partial charge in [-0.3, -0.25) is 9.38 Å². The van der Waals surface area contributed by atoms with Crippen LogP contribution >= 0.6 is 42.9 Å². The van der Waals surface area contributed by atoms with Crippen molar-refractivity contribution in [2.24, 2.45) is 19.1 Å². The molecule has 2 aromatic heterocycles. The molecule has 0 spiro atoms. The highest BCUT2D eigenvalue weighted by molar-refractivity contribution is 9.10. The number of hydrogen-bond acceptors (Lipinski definition) is 5. The lowest BCUT2D eigenvalue weighted by Gasteiger charge is -2.38. The minimum absolute atomic E-state index is 0.00918. The van der Waals surface area contributed by atoms with Crippen LogP contribution in [-0.4, -0.2) is 53.3 Å². The molecule has 4 aromatic rings. The summed E-state index contributed by atoms with van der Waals surface area (Å²) in [7, 11) is -0.273. The summed E-state index contributed by atoms with van der Waals surface area (Å²) in [5, 5.41) is 10.1. The zero-order chi connectivity index (χ0) is 42.4. The van der Waals surface area contributed by atoms with Crippen LogP contribution in [0.5, 0.6) is 0 Å². The summed E-state index contributed by atoms with van der Waals surface area (Å²) < 4.78 is 28.0. The number of aryl methyl sites for hydroxylation is 2. The smallest absolute Gasteiger partial charge is 0.193 e. The van der Waals surface area contributed by atoms with Crippen LogP contribution in [0, 0.1) is 0 Å². The van der Waals surface area contributed by atoms with Crippen molar-refractivity contribution in [3.8, 4) is 22.5 Å². The molecule has 1 N–H and O–H groups in total. The molecule has 13 heteroatoms. The lowest BCUT2D eigenvalue weighted by molar-refractivity contribution is 0.185. The Kier molecular flexibility index (Phi) is 19.5. The van der Waals surface area contributed by atoms with Gasteiger partial charge in [-0.1, -0.05) is 117 Å². The first-order valence-corrected chi connectivity index (χ1v) is 26.4. The Labute approximate surface area is 350 Å². The lowest BCUT2D eigenvalue weighted by atomic mass is 10.2. The Morgan fingerprint density at radius 1 is 0.815 bits per heavy atom. The first-order chi connectivity index (χ1) is 25.2. The van der Waals surface area contributed by atoms with Gasteiger partial charge < -0.3 is 18.7 Å². The Morgan fingerprint density at radius 2 is 1.20 bits per heavy atom. The van der Waals surface area contributed by atoms with Crippen LogP contribution in [0.15, 0.2) is 87.1 Å². The highest BCUT2D eigenvalue weighted by Crippen LogP contribution is 2.40. The molecule has 54 heavy (non-hydrogen) atoms. The molecule has 1 aliphatic heterocycles. The van der Waals surface area contributed by atoms with Gasteiger partial charge in [-0.15, -0.1) is 0 Å². The van der Waals surface area contributed by atoms with E-state index in [1.807, 2.05) is 73.5 Å². The fourth-order valence-corrected chi connectivity index (χ4v) is 6.09. The van der Waals surface area contributed by atoms with Gasteiger partial charge in [0.25, 0.3) is 0 Å². The summed E-state index contributed by atoms with van der Waals surface area (Å²) in [6, 6.07) is 16.2. The van der Waals surface area contributed by atoms with Gasteiger partial charge in [0.1, 0.15) is 23.9 Å². The van der Waals surface area contributed by atoms with Crippen LogP contribution in [-0.2, 0) is 18.5 Å². The van der Waals surface area contributed by atoms with E-state index in [1.54, 1.807) is 13.1 Å². The van der Waals surface area contributed by atoms with Crippen molar-refractivity contribution < 1.29 is 15.3 Å². The Bertz CT molecular complexity index is 1760. The molecule has 0 saturated heterocycles. The van der Waals surface area contributed by atoms with Crippen molar-refractivity contribution in [3.05, 3.63) is 93.8 Å². The second-order valence-corrected chi connectivity index (χ2v) is 29.9. The van der Waals surface area contributed by atoms with Crippen molar-refractivity contribution >= 4 is 64.9 Å². The van der Waals surface area contributed by atoms with Crippen LogP contribution in [0.4, 0.5) is 4.39 Å². The van der Waals surface area contributed by atoms with Gasteiger partial charge in [0.2, 0.25) is 0 Å². The fraction of sp³-hybridized carbons (Fsp3) is 0.488. The number of aromatic nitrogens is 4. The molecular weight excluding hydrogens is 865 g/mol. The minimum Gasteiger partial charge on any atom is -0.407 e. The van der Waals surface area contributed by atoms with Crippen molar-refractivity contribution in [1.82, 2.24) is 19.1 Å². The summed E-state index contributed by atoms with van der Waals surface area (Å²) >= 11 is 13.0. The maximum absolute atomic E-state index is 9.96. The summed E-state index contributed by atoms with van der Waals surface area (Å²) in [6.45, 7) is 26.1. The fourth-order valence-electron chi connectivity index (χ4n) is 4.22. The third kappa shape index (κ3) is 16.1. The third-order valence-corrected chi connectivity index (χ3v) is 20.3. The van der Waals surface area contributed by atoms with Crippen LogP contribution < -0.4 is 0 Å². The average molecular weight is 929 g/mol. The second-order valence-electron chi connectivity index (χ2n) is 16.1. The molecular formula is C41H63Br2ClFN5O2Si2. The van der Waals surface area contributed by atoms with E-state index in [0.29, 0.717) is 10.9 Å². The van der Waals surface area contributed by atoms with Gasteiger partial charge in [-0.25, -0.2) is 9.97 Å². The molecule has 7 nitrogen and oxygen atoms in total. The van der Waals surface area contributed by atoms with E-state index in [-0.39, 0.29) is 11.1 Å². The molecule has 2 unspecified atom stereocenters. The minimum atomic E-state index is -1.81. The van der Waals surface area contributed by atoms with E-state index in [4.69, 9.17) is 21.9 Å². The number of imidazole rings is 2. The molecule has 0 aliphatic carbocycles. The number of halogens is 4. The molecule has 2 aromatic carbocycles. The summed E-state index contributed by atoms with van der Waals surface area (Å²) in [5.41, 5.74) is 4.03. The monoisotopic (exact) mass is 926 g/mol. The topological polar surface area (TPSA) is 77.5 Å². The molecule has 2 atom stereocenters. The summed E-state index contributed by atoms with van der Waals surface area (Å²) in [6.07, 6.45) is 10.2. The van der Waals surface area contributed by atoms with Gasteiger partial charge in [-0.05, 0) is 61.3 Å². The van der Waals surface area contributed by atoms with Crippen molar-refractivity contribution in [2.75, 3.05) is 7.15 Å². The average Bonchev–Trinajstić information content (AvgIpc) is 3.84. The van der Waals surface area contributed by atoms with Crippen LogP contribution in [0.2, 0.25) is 36.3 Å². The molecule has 0 bridgehead atoms. The molecule has 0 fully saturated rings. The van der Waals surface area contributed by atoms with Crippen LogP contribution in [0.1, 0.15) is 87.0 Å². The Morgan fingerprint density at radius 3 is 1.48 bits per heavy atom. The Balaban J connectivity index is 0.000000405. The summed E-state index contributed by atoms with van der Waals surface area (Å²) in [4.78, 5) is 13.0. The number of nitrogens with zero attached hydrogens (tertiary/aromatic N) is 5. The van der Waals surface area contributed by atoms with E-state index >= 15 is 0 Å². The molecule has 5 rings (SSSR count). The zero-order valence-electron chi connectivity index (χ0n) is 35.7. The highest BCUT2D eigenvalue weighted by atomic mass is 79.9. The van der Waals surface area contributed by atoms with E-state index < -0.39 is 29.0 Å². The second kappa shape index (κ2) is 21.9. The zero-order valence-corrected chi connectivity index (χ0v) is 40.6. The maximum Gasteiger partial charge on any atom is 0.193 e. The molecule has 0 amide bonds. The highest BCUT2D eigenvalue weighted by Gasteiger charge is 2.39. The molecule has 0 saturated carbocycles. The van der Waals surface area contributed by atoms with E-state index in [9.17, 15) is 9.50 Å². The van der Waals surface area contributed by atoms with Crippen molar-refractivity contribution in [1.29, 1.82) is 0 Å².